The standard InChI is InChI=1S/C23H24O4S/c1-16-5-6-17(2)21(14-16)27-12-11-26-19-9-7-18(8-10-19)15-20(23(24)25)22-4-3-13-28-22/h3-10,13-14,20H,11-12,15H2,1-2H3,(H,24,25). The number of rotatable bonds is 9. The summed E-state index contributed by atoms with van der Waals surface area (Å²) >= 11 is 1.48. The Kier molecular flexibility index (Phi) is 6.71. The highest BCUT2D eigenvalue weighted by Crippen LogP contribution is 2.26. The number of aryl methyl sites for hydroxylation is 2. The van der Waals surface area contributed by atoms with Gasteiger partial charge in [-0.1, -0.05) is 30.3 Å². The maximum atomic E-state index is 11.6. The van der Waals surface area contributed by atoms with Crippen LogP contribution < -0.4 is 9.47 Å². The Labute approximate surface area is 169 Å². The minimum Gasteiger partial charge on any atom is -0.490 e. The van der Waals surface area contributed by atoms with Crippen molar-refractivity contribution >= 4 is 17.3 Å². The normalized spacial score (nSPS) is 11.8. The summed E-state index contributed by atoms with van der Waals surface area (Å²) in [4.78, 5) is 12.4. The molecule has 1 unspecified atom stereocenters. The van der Waals surface area contributed by atoms with Gasteiger partial charge in [-0.2, -0.15) is 0 Å². The predicted octanol–water partition coefficient (Wildman–Crippen LogP) is 5.23. The molecule has 146 valence electrons. The van der Waals surface area contributed by atoms with Crippen LogP contribution in [0.15, 0.2) is 60.0 Å². The first-order valence-electron chi connectivity index (χ1n) is 9.21. The van der Waals surface area contributed by atoms with Crippen molar-refractivity contribution in [2.45, 2.75) is 26.2 Å². The van der Waals surface area contributed by atoms with Gasteiger partial charge in [0.2, 0.25) is 0 Å². The lowest BCUT2D eigenvalue weighted by molar-refractivity contribution is -0.138. The summed E-state index contributed by atoms with van der Waals surface area (Å²) in [5.74, 6) is 0.313. The second kappa shape index (κ2) is 9.42. The van der Waals surface area contributed by atoms with E-state index in [-0.39, 0.29) is 0 Å². The van der Waals surface area contributed by atoms with Gasteiger partial charge >= 0.3 is 5.97 Å². The van der Waals surface area contributed by atoms with E-state index in [1.54, 1.807) is 0 Å². The van der Waals surface area contributed by atoms with Gasteiger partial charge in [0.1, 0.15) is 24.7 Å². The maximum Gasteiger partial charge on any atom is 0.312 e. The van der Waals surface area contributed by atoms with Gasteiger partial charge in [-0.3, -0.25) is 4.79 Å². The molecule has 0 radical (unpaired) electrons. The molecule has 0 aliphatic carbocycles. The number of hydrogen-bond donors (Lipinski definition) is 1. The molecule has 3 rings (SSSR count). The van der Waals surface area contributed by atoms with Crippen LogP contribution in [0.5, 0.6) is 11.5 Å². The van der Waals surface area contributed by atoms with E-state index in [0.29, 0.717) is 19.6 Å². The van der Waals surface area contributed by atoms with Crippen LogP contribution in [0.4, 0.5) is 0 Å². The average molecular weight is 397 g/mol. The Morgan fingerprint density at radius 1 is 1.04 bits per heavy atom. The number of aliphatic carboxylic acids is 1. The summed E-state index contributed by atoms with van der Waals surface area (Å²) < 4.78 is 11.5. The zero-order chi connectivity index (χ0) is 19.9. The minimum atomic E-state index is -0.800. The third kappa shape index (κ3) is 5.36. The predicted molar refractivity (Wildman–Crippen MR) is 112 cm³/mol. The molecule has 0 saturated heterocycles. The monoisotopic (exact) mass is 396 g/mol. The molecule has 1 N–H and O–H groups in total. The Morgan fingerprint density at radius 3 is 2.46 bits per heavy atom. The Bertz CT molecular complexity index is 901. The highest BCUT2D eigenvalue weighted by atomic mass is 32.1. The van der Waals surface area contributed by atoms with Gasteiger partial charge in [-0.15, -0.1) is 11.3 Å². The Hall–Kier alpha value is -2.79. The molecule has 3 aromatic rings. The van der Waals surface area contributed by atoms with Crippen LogP contribution in [0, 0.1) is 13.8 Å². The first-order chi connectivity index (χ1) is 13.5. The summed E-state index contributed by atoms with van der Waals surface area (Å²) in [6, 6.07) is 17.5. The lowest BCUT2D eigenvalue weighted by Crippen LogP contribution is -2.13. The van der Waals surface area contributed by atoms with Gasteiger partial charge in [0.05, 0.1) is 5.92 Å². The van der Waals surface area contributed by atoms with E-state index >= 15 is 0 Å². The van der Waals surface area contributed by atoms with Crippen LogP contribution >= 0.6 is 11.3 Å². The van der Waals surface area contributed by atoms with Crippen LogP contribution in [0.2, 0.25) is 0 Å². The van der Waals surface area contributed by atoms with Crippen molar-refractivity contribution in [3.8, 4) is 11.5 Å². The number of carboxylic acids is 1. The van der Waals surface area contributed by atoms with Gasteiger partial charge in [0.15, 0.2) is 0 Å². The topological polar surface area (TPSA) is 55.8 Å². The van der Waals surface area contributed by atoms with E-state index in [4.69, 9.17) is 9.47 Å². The number of hydrogen-bond acceptors (Lipinski definition) is 4. The molecule has 5 heteroatoms. The number of carboxylic acid groups (broad SMARTS) is 1. The van der Waals surface area contributed by atoms with Crippen molar-refractivity contribution in [2.24, 2.45) is 0 Å². The number of thiophene rings is 1. The van der Waals surface area contributed by atoms with Crippen LogP contribution in [0.3, 0.4) is 0 Å². The van der Waals surface area contributed by atoms with Crippen molar-refractivity contribution in [2.75, 3.05) is 13.2 Å². The second-order valence-electron chi connectivity index (χ2n) is 6.72. The molecule has 0 saturated carbocycles. The minimum absolute atomic E-state index is 0.444. The molecule has 0 fully saturated rings. The number of benzene rings is 2. The molecule has 4 nitrogen and oxygen atoms in total. The number of carbonyl (C=O) groups is 1. The van der Waals surface area contributed by atoms with E-state index in [1.165, 1.54) is 16.9 Å². The molecule has 1 atom stereocenters. The first kappa shape index (κ1) is 20.0. The molecule has 0 amide bonds. The van der Waals surface area contributed by atoms with E-state index < -0.39 is 11.9 Å². The van der Waals surface area contributed by atoms with Crippen molar-refractivity contribution in [3.05, 3.63) is 81.5 Å². The molecule has 0 aliphatic heterocycles. The quantitative estimate of drug-likeness (QED) is 0.503. The van der Waals surface area contributed by atoms with E-state index in [9.17, 15) is 9.90 Å². The van der Waals surface area contributed by atoms with Crippen molar-refractivity contribution in [1.82, 2.24) is 0 Å². The van der Waals surface area contributed by atoms with Crippen LogP contribution in [0.1, 0.15) is 27.5 Å². The summed E-state index contributed by atoms with van der Waals surface area (Å²) in [7, 11) is 0. The highest BCUT2D eigenvalue weighted by Gasteiger charge is 2.21. The Balaban J connectivity index is 1.50. The molecule has 0 spiro atoms. The lowest BCUT2D eigenvalue weighted by Gasteiger charge is -2.12. The van der Waals surface area contributed by atoms with E-state index in [1.807, 2.05) is 67.8 Å². The van der Waals surface area contributed by atoms with Crippen LogP contribution in [-0.2, 0) is 11.2 Å². The fraction of sp³-hybridized carbons (Fsp3) is 0.261. The van der Waals surface area contributed by atoms with Crippen molar-refractivity contribution in [3.63, 3.8) is 0 Å². The fourth-order valence-corrected chi connectivity index (χ4v) is 3.75. The molecule has 0 aliphatic rings. The molecule has 1 aromatic heterocycles. The highest BCUT2D eigenvalue weighted by molar-refractivity contribution is 7.10. The summed E-state index contributed by atoms with van der Waals surface area (Å²) in [5, 5.41) is 11.4. The lowest BCUT2D eigenvalue weighted by atomic mass is 9.98. The Morgan fingerprint density at radius 2 is 1.79 bits per heavy atom. The van der Waals surface area contributed by atoms with Crippen molar-refractivity contribution < 1.29 is 19.4 Å². The third-order valence-corrected chi connectivity index (χ3v) is 5.49. The molecular formula is C23H24O4S. The van der Waals surface area contributed by atoms with Gasteiger partial charge < -0.3 is 14.6 Å². The summed E-state index contributed by atoms with van der Waals surface area (Å²) in [6.45, 7) is 4.97. The van der Waals surface area contributed by atoms with Crippen LogP contribution in [-0.4, -0.2) is 24.3 Å². The molecule has 1 heterocycles. The van der Waals surface area contributed by atoms with Crippen molar-refractivity contribution in [1.29, 1.82) is 0 Å². The zero-order valence-corrected chi connectivity index (χ0v) is 16.9. The average Bonchev–Trinajstić information content (AvgIpc) is 3.21. The van der Waals surface area contributed by atoms with E-state index in [2.05, 4.69) is 6.07 Å². The summed E-state index contributed by atoms with van der Waals surface area (Å²) in [6.07, 6.45) is 0.464. The van der Waals surface area contributed by atoms with E-state index in [0.717, 1.165) is 27.5 Å². The van der Waals surface area contributed by atoms with Crippen LogP contribution in [0.25, 0.3) is 0 Å². The smallest absolute Gasteiger partial charge is 0.312 e. The molecule has 28 heavy (non-hydrogen) atoms. The third-order valence-electron chi connectivity index (χ3n) is 4.50. The molecular weight excluding hydrogens is 372 g/mol. The largest absolute Gasteiger partial charge is 0.490 e. The SMILES string of the molecule is Cc1ccc(C)c(OCCOc2ccc(CC(C(=O)O)c3cccs3)cc2)c1. The van der Waals surface area contributed by atoms with Gasteiger partial charge in [-0.05, 0) is 66.6 Å². The molecule has 2 aromatic carbocycles. The van der Waals surface area contributed by atoms with Gasteiger partial charge in [0, 0.05) is 4.88 Å². The van der Waals surface area contributed by atoms with Gasteiger partial charge in [-0.25, -0.2) is 0 Å². The zero-order valence-electron chi connectivity index (χ0n) is 16.1. The summed E-state index contributed by atoms with van der Waals surface area (Å²) in [5.41, 5.74) is 3.24. The maximum absolute atomic E-state index is 11.6. The second-order valence-corrected chi connectivity index (χ2v) is 7.70. The number of ether oxygens (including phenoxy) is 2. The fourth-order valence-electron chi connectivity index (χ4n) is 2.93. The molecule has 0 bridgehead atoms. The first-order valence-corrected chi connectivity index (χ1v) is 10.1. The van der Waals surface area contributed by atoms with Gasteiger partial charge in [0.25, 0.3) is 0 Å².